The van der Waals surface area contributed by atoms with Gasteiger partial charge in [-0.2, -0.15) is 0 Å². The number of nitrogens with one attached hydrogen (secondary N) is 1. The molecular formula is C21H27N3O5. The van der Waals surface area contributed by atoms with Crippen LogP contribution in [0.4, 0.5) is 0 Å². The number of nitrogens with zero attached hydrogens (tertiary/aromatic N) is 2. The van der Waals surface area contributed by atoms with Crippen LogP contribution < -0.4 is 5.32 Å². The SMILES string of the molecule is CNCCN(C)C1c2ccccc2CCc2oc(C)nc21.O=C(O)/C=C/C(=O)O. The first-order chi connectivity index (χ1) is 13.8. The normalized spacial score (nSPS) is 15.2. The van der Waals surface area contributed by atoms with Gasteiger partial charge in [0.05, 0.1) is 6.04 Å². The molecule has 3 N–H and O–H groups in total. The van der Waals surface area contributed by atoms with Crippen molar-refractivity contribution in [3.63, 3.8) is 0 Å². The number of benzene rings is 1. The molecule has 0 saturated carbocycles. The summed E-state index contributed by atoms with van der Waals surface area (Å²) >= 11 is 0. The van der Waals surface area contributed by atoms with Crippen LogP contribution in [0.2, 0.25) is 0 Å². The van der Waals surface area contributed by atoms with Gasteiger partial charge in [-0.15, -0.1) is 0 Å². The van der Waals surface area contributed by atoms with Gasteiger partial charge < -0.3 is 19.9 Å². The van der Waals surface area contributed by atoms with E-state index in [4.69, 9.17) is 19.6 Å². The number of carboxylic acids is 2. The Morgan fingerprint density at radius 2 is 1.90 bits per heavy atom. The van der Waals surface area contributed by atoms with Crippen LogP contribution in [0.25, 0.3) is 0 Å². The summed E-state index contributed by atoms with van der Waals surface area (Å²) in [6, 6.07) is 8.89. The van der Waals surface area contributed by atoms with Gasteiger partial charge in [0.15, 0.2) is 5.89 Å². The van der Waals surface area contributed by atoms with Crippen molar-refractivity contribution in [2.75, 3.05) is 27.2 Å². The number of rotatable bonds is 6. The summed E-state index contributed by atoms with van der Waals surface area (Å²) in [5.41, 5.74) is 3.86. The van der Waals surface area contributed by atoms with Crippen LogP contribution in [0.5, 0.6) is 0 Å². The Morgan fingerprint density at radius 3 is 2.52 bits per heavy atom. The zero-order valence-electron chi connectivity index (χ0n) is 16.9. The maximum absolute atomic E-state index is 9.55. The molecule has 1 heterocycles. The summed E-state index contributed by atoms with van der Waals surface area (Å²) in [5.74, 6) is -0.698. The molecule has 0 fully saturated rings. The van der Waals surface area contributed by atoms with Gasteiger partial charge in [-0.05, 0) is 31.6 Å². The Labute approximate surface area is 169 Å². The monoisotopic (exact) mass is 401 g/mol. The highest BCUT2D eigenvalue weighted by molar-refractivity contribution is 5.89. The van der Waals surface area contributed by atoms with Crippen LogP contribution >= 0.6 is 0 Å². The minimum absolute atomic E-state index is 0.185. The quantitative estimate of drug-likeness (QED) is 0.630. The number of oxazole rings is 1. The summed E-state index contributed by atoms with van der Waals surface area (Å²) in [7, 11) is 4.15. The van der Waals surface area contributed by atoms with Crippen LogP contribution in [0, 0.1) is 6.92 Å². The van der Waals surface area contributed by atoms with Gasteiger partial charge in [0.2, 0.25) is 0 Å². The lowest BCUT2D eigenvalue weighted by Gasteiger charge is -2.28. The van der Waals surface area contributed by atoms with E-state index in [2.05, 4.69) is 41.5 Å². The molecule has 1 aromatic heterocycles. The molecule has 156 valence electrons. The van der Waals surface area contributed by atoms with E-state index in [1.165, 1.54) is 11.1 Å². The predicted molar refractivity (Wildman–Crippen MR) is 108 cm³/mol. The van der Waals surface area contributed by atoms with Crippen LogP contribution in [0.3, 0.4) is 0 Å². The van der Waals surface area contributed by atoms with Gasteiger partial charge in [-0.25, -0.2) is 14.6 Å². The standard InChI is InChI=1S/C17H23N3O.C4H4O4/c1-12-19-16-15(21-12)9-8-13-6-4-5-7-14(13)17(16)20(3)11-10-18-2;5-3(6)1-2-4(7)8/h4-7,17-18H,8-11H2,1-3H3;1-2H,(H,5,6)(H,7,8)/b;2-1+. The number of carboxylic acid groups (broad SMARTS) is 2. The van der Waals surface area contributed by atoms with Crippen molar-refractivity contribution in [3.8, 4) is 0 Å². The average molecular weight is 401 g/mol. The van der Waals surface area contributed by atoms with Crippen molar-refractivity contribution in [3.05, 3.63) is 64.9 Å². The third-order valence-electron chi connectivity index (χ3n) is 4.59. The fourth-order valence-electron chi connectivity index (χ4n) is 3.31. The Balaban J connectivity index is 0.000000321. The topological polar surface area (TPSA) is 116 Å². The van der Waals surface area contributed by atoms with Gasteiger partial charge in [0.1, 0.15) is 11.5 Å². The minimum atomic E-state index is -1.26. The predicted octanol–water partition coefficient (Wildman–Crippen LogP) is 2.03. The number of hydrogen-bond donors (Lipinski definition) is 3. The summed E-state index contributed by atoms with van der Waals surface area (Å²) in [5, 5.41) is 18.8. The third-order valence-corrected chi connectivity index (χ3v) is 4.59. The lowest BCUT2D eigenvalue weighted by atomic mass is 9.97. The van der Waals surface area contributed by atoms with E-state index < -0.39 is 11.9 Å². The molecule has 1 unspecified atom stereocenters. The molecule has 0 saturated heterocycles. The molecule has 1 aromatic carbocycles. The van der Waals surface area contributed by atoms with E-state index in [0.717, 1.165) is 43.3 Å². The third kappa shape index (κ3) is 6.27. The molecule has 0 radical (unpaired) electrons. The molecular weight excluding hydrogens is 374 g/mol. The maximum atomic E-state index is 9.55. The van der Waals surface area contributed by atoms with Crippen molar-refractivity contribution in [2.24, 2.45) is 0 Å². The highest BCUT2D eigenvalue weighted by Gasteiger charge is 2.30. The molecule has 29 heavy (non-hydrogen) atoms. The fraction of sp³-hybridized carbons (Fsp3) is 0.381. The molecule has 1 aliphatic carbocycles. The van der Waals surface area contributed by atoms with Crippen molar-refractivity contribution in [1.29, 1.82) is 0 Å². The van der Waals surface area contributed by atoms with Crippen molar-refractivity contribution < 1.29 is 24.2 Å². The molecule has 3 rings (SSSR count). The van der Waals surface area contributed by atoms with E-state index in [-0.39, 0.29) is 6.04 Å². The molecule has 8 nitrogen and oxygen atoms in total. The Morgan fingerprint density at radius 1 is 1.24 bits per heavy atom. The van der Waals surface area contributed by atoms with E-state index in [0.29, 0.717) is 12.2 Å². The highest BCUT2D eigenvalue weighted by atomic mass is 16.4. The molecule has 0 spiro atoms. The molecule has 8 heteroatoms. The second-order valence-corrected chi connectivity index (χ2v) is 6.74. The van der Waals surface area contributed by atoms with Crippen LogP contribution in [0.15, 0.2) is 40.8 Å². The number of hydrogen-bond acceptors (Lipinski definition) is 6. The smallest absolute Gasteiger partial charge is 0.328 e. The fourth-order valence-corrected chi connectivity index (χ4v) is 3.31. The van der Waals surface area contributed by atoms with Gasteiger partial charge in [0, 0.05) is 38.6 Å². The van der Waals surface area contributed by atoms with E-state index in [1.54, 1.807) is 0 Å². The van der Waals surface area contributed by atoms with E-state index in [9.17, 15) is 9.59 Å². The van der Waals surface area contributed by atoms with E-state index >= 15 is 0 Å². The summed E-state index contributed by atoms with van der Waals surface area (Å²) in [6.45, 7) is 3.87. The summed E-state index contributed by atoms with van der Waals surface area (Å²) in [6.07, 6.45) is 3.07. The van der Waals surface area contributed by atoms with Gasteiger partial charge >= 0.3 is 11.9 Å². The molecule has 1 atom stereocenters. The number of aromatic nitrogens is 1. The van der Waals surface area contributed by atoms with Crippen LogP contribution in [-0.2, 0) is 22.4 Å². The van der Waals surface area contributed by atoms with Crippen LogP contribution in [0.1, 0.15) is 34.5 Å². The first kappa shape index (κ1) is 22.3. The van der Waals surface area contributed by atoms with Gasteiger partial charge in [-0.1, -0.05) is 24.3 Å². The Bertz CT molecular complexity index is 859. The minimum Gasteiger partial charge on any atom is -0.478 e. The molecule has 0 amide bonds. The van der Waals surface area contributed by atoms with Crippen LogP contribution in [-0.4, -0.2) is 59.2 Å². The number of carbonyl (C=O) groups is 2. The highest BCUT2D eigenvalue weighted by Crippen LogP contribution is 2.35. The Kier molecular flexibility index (Phi) is 8.11. The lowest BCUT2D eigenvalue weighted by Crippen LogP contribution is -2.32. The molecule has 0 aliphatic heterocycles. The summed E-state index contributed by atoms with van der Waals surface area (Å²) in [4.78, 5) is 26.2. The van der Waals surface area contributed by atoms with Gasteiger partial charge in [-0.3, -0.25) is 4.90 Å². The lowest BCUT2D eigenvalue weighted by molar-refractivity contribution is -0.134. The van der Waals surface area contributed by atoms with Crippen molar-refractivity contribution in [1.82, 2.24) is 15.2 Å². The maximum Gasteiger partial charge on any atom is 0.328 e. The first-order valence-electron chi connectivity index (χ1n) is 9.36. The molecule has 1 aliphatic rings. The number of likely N-dealkylation sites (N-methyl/N-ethyl adjacent to an activating group) is 2. The molecule has 0 bridgehead atoms. The van der Waals surface area contributed by atoms with E-state index in [1.807, 2.05) is 14.0 Å². The zero-order chi connectivity index (χ0) is 21.4. The largest absolute Gasteiger partial charge is 0.478 e. The number of aryl methyl sites for hydroxylation is 3. The van der Waals surface area contributed by atoms with Gasteiger partial charge in [0.25, 0.3) is 0 Å². The second kappa shape index (κ2) is 10.5. The zero-order valence-corrected chi connectivity index (χ0v) is 16.9. The number of aliphatic carboxylic acids is 2. The van der Waals surface area contributed by atoms with Crippen molar-refractivity contribution >= 4 is 11.9 Å². The average Bonchev–Trinajstić information content (AvgIpc) is 2.97. The molecule has 2 aromatic rings. The summed E-state index contributed by atoms with van der Waals surface area (Å²) < 4.78 is 5.85. The number of fused-ring (bicyclic) bond motifs is 2. The van der Waals surface area contributed by atoms with Crippen molar-refractivity contribution in [2.45, 2.75) is 25.8 Å². The Hall–Kier alpha value is -2.97. The second-order valence-electron chi connectivity index (χ2n) is 6.74. The first-order valence-corrected chi connectivity index (χ1v) is 9.36.